The number of hydrogen-bond acceptors (Lipinski definition) is 3. The van der Waals surface area contributed by atoms with Gasteiger partial charge in [-0.3, -0.25) is 0 Å². The van der Waals surface area contributed by atoms with Crippen LogP contribution in [0.3, 0.4) is 0 Å². The lowest BCUT2D eigenvalue weighted by atomic mass is 10.1. The number of nitrogens with zero attached hydrogens (tertiary/aromatic N) is 2. The smallest absolute Gasteiger partial charge is 0.0931 e. The summed E-state index contributed by atoms with van der Waals surface area (Å²) in [5, 5.41) is 0. The van der Waals surface area contributed by atoms with Gasteiger partial charge in [0.25, 0.3) is 0 Å². The zero-order valence-electron chi connectivity index (χ0n) is 11.2. The Morgan fingerprint density at radius 3 is 3.05 bits per heavy atom. The number of rotatable bonds is 2. The van der Waals surface area contributed by atoms with Crippen molar-refractivity contribution in [3.8, 4) is 0 Å². The molecule has 4 rings (SSSR count). The molecule has 2 aromatic rings. The van der Waals surface area contributed by atoms with E-state index in [9.17, 15) is 0 Å². The van der Waals surface area contributed by atoms with Gasteiger partial charge in [0.05, 0.1) is 17.4 Å². The molecule has 1 saturated carbocycles. The van der Waals surface area contributed by atoms with Gasteiger partial charge in [0.2, 0.25) is 0 Å². The van der Waals surface area contributed by atoms with E-state index in [0.717, 1.165) is 23.0 Å². The van der Waals surface area contributed by atoms with Crippen LogP contribution in [-0.2, 0) is 0 Å². The molecule has 1 aromatic heterocycles. The summed E-state index contributed by atoms with van der Waals surface area (Å²) in [5.74, 6) is 3.45. The molecular formula is C15H19N3S. The van der Waals surface area contributed by atoms with Crippen molar-refractivity contribution in [3.63, 3.8) is 0 Å². The van der Waals surface area contributed by atoms with Gasteiger partial charge in [-0.25, -0.2) is 4.98 Å². The molecule has 1 N–H and O–H groups in total. The van der Waals surface area contributed by atoms with Crippen LogP contribution in [0.15, 0.2) is 24.5 Å². The summed E-state index contributed by atoms with van der Waals surface area (Å²) in [5.41, 5.74) is 3.57. The van der Waals surface area contributed by atoms with Crippen LogP contribution in [-0.4, -0.2) is 33.6 Å². The summed E-state index contributed by atoms with van der Waals surface area (Å²) in [6.07, 6.45) is 4.61. The predicted octanol–water partition coefficient (Wildman–Crippen LogP) is 3.28. The Bertz CT molecular complexity index is 590. The first kappa shape index (κ1) is 11.6. The van der Waals surface area contributed by atoms with E-state index in [2.05, 4.69) is 51.8 Å². The van der Waals surface area contributed by atoms with Crippen LogP contribution in [0.4, 0.5) is 5.69 Å². The fourth-order valence-electron chi connectivity index (χ4n) is 3.22. The van der Waals surface area contributed by atoms with Crippen molar-refractivity contribution in [1.29, 1.82) is 0 Å². The van der Waals surface area contributed by atoms with Gasteiger partial charge in [0, 0.05) is 29.3 Å². The van der Waals surface area contributed by atoms with E-state index in [4.69, 9.17) is 0 Å². The summed E-state index contributed by atoms with van der Waals surface area (Å²) < 4.78 is 0. The summed E-state index contributed by atoms with van der Waals surface area (Å²) >= 11 is 2.12. The molecule has 0 radical (unpaired) electrons. The Hall–Kier alpha value is -1.16. The third-order valence-electron chi connectivity index (χ3n) is 4.35. The van der Waals surface area contributed by atoms with E-state index in [-0.39, 0.29) is 0 Å². The van der Waals surface area contributed by atoms with Crippen LogP contribution in [0.5, 0.6) is 0 Å². The van der Waals surface area contributed by atoms with Crippen molar-refractivity contribution in [3.05, 3.63) is 24.5 Å². The topological polar surface area (TPSA) is 31.9 Å². The van der Waals surface area contributed by atoms with Crippen molar-refractivity contribution in [2.75, 3.05) is 16.4 Å². The maximum absolute atomic E-state index is 4.31. The Morgan fingerprint density at radius 1 is 1.32 bits per heavy atom. The van der Waals surface area contributed by atoms with Crippen LogP contribution >= 0.6 is 11.8 Å². The third-order valence-corrected chi connectivity index (χ3v) is 5.64. The normalized spacial score (nSPS) is 27.9. The molecule has 2 fully saturated rings. The van der Waals surface area contributed by atoms with Crippen molar-refractivity contribution in [1.82, 2.24) is 9.97 Å². The maximum Gasteiger partial charge on any atom is 0.0931 e. The Balaban J connectivity index is 1.73. The average molecular weight is 273 g/mol. The molecular weight excluding hydrogens is 254 g/mol. The van der Waals surface area contributed by atoms with Gasteiger partial charge < -0.3 is 9.88 Å². The number of hydrogen-bond donors (Lipinski definition) is 1. The zero-order valence-corrected chi connectivity index (χ0v) is 12.0. The van der Waals surface area contributed by atoms with E-state index < -0.39 is 0 Å². The molecule has 2 aliphatic rings. The van der Waals surface area contributed by atoms with Gasteiger partial charge in [0.15, 0.2) is 0 Å². The molecule has 3 nitrogen and oxygen atoms in total. The average Bonchev–Trinajstić information content (AvgIpc) is 3.16. The van der Waals surface area contributed by atoms with Gasteiger partial charge in [0.1, 0.15) is 0 Å². The molecule has 0 spiro atoms. The van der Waals surface area contributed by atoms with E-state index in [0.29, 0.717) is 6.04 Å². The Morgan fingerprint density at radius 2 is 2.21 bits per heavy atom. The van der Waals surface area contributed by atoms with E-state index in [1.807, 2.05) is 0 Å². The minimum atomic E-state index is 0.629. The molecule has 1 aromatic carbocycles. The lowest BCUT2D eigenvalue weighted by Gasteiger charge is -2.42. The molecule has 4 heteroatoms. The molecule has 100 valence electrons. The van der Waals surface area contributed by atoms with Crippen molar-refractivity contribution in [2.45, 2.75) is 31.8 Å². The number of aromatic nitrogens is 2. The van der Waals surface area contributed by atoms with E-state index in [1.54, 1.807) is 6.33 Å². The summed E-state index contributed by atoms with van der Waals surface area (Å²) in [7, 11) is 0. The van der Waals surface area contributed by atoms with Crippen LogP contribution in [0, 0.1) is 5.92 Å². The SMILES string of the molecule is CC1CSCC(C2CC2)N1c1ccc2nc[nH]c2c1. The second kappa shape index (κ2) is 4.44. The monoisotopic (exact) mass is 273 g/mol. The van der Waals surface area contributed by atoms with Crippen LogP contribution in [0.2, 0.25) is 0 Å². The van der Waals surface area contributed by atoms with Gasteiger partial charge in [-0.15, -0.1) is 0 Å². The minimum Gasteiger partial charge on any atom is -0.364 e. The highest BCUT2D eigenvalue weighted by atomic mass is 32.2. The van der Waals surface area contributed by atoms with Gasteiger partial charge in [-0.2, -0.15) is 11.8 Å². The summed E-state index contributed by atoms with van der Waals surface area (Å²) in [6.45, 7) is 2.36. The number of nitrogens with one attached hydrogen (secondary N) is 1. The highest BCUT2D eigenvalue weighted by Crippen LogP contribution is 2.42. The van der Waals surface area contributed by atoms with E-state index >= 15 is 0 Å². The first-order chi connectivity index (χ1) is 9.33. The molecule has 1 aliphatic heterocycles. The summed E-state index contributed by atoms with van der Waals surface area (Å²) in [4.78, 5) is 10.2. The zero-order chi connectivity index (χ0) is 12.8. The fraction of sp³-hybridized carbons (Fsp3) is 0.533. The number of anilines is 1. The molecule has 0 amide bonds. The molecule has 2 atom stereocenters. The molecule has 1 saturated heterocycles. The molecule has 2 unspecified atom stereocenters. The Labute approximate surface area is 117 Å². The van der Waals surface area contributed by atoms with Gasteiger partial charge >= 0.3 is 0 Å². The van der Waals surface area contributed by atoms with Crippen LogP contribution in [0.1, 0.15) is 19.8 Å². The number of thioether (sulfide) groups is 1. The molecule has 2 heterocycles. The second-order valence-electron chi connectivity index (χ2n) is 5.80. The lowest BCUT2D eigenvalue weighted by Crippen LogP contribution is -2.49. The molecule has 1 aliphatic carbocycles. The predicted molar refractivity (Wildman–Crippen MR) is 81.9 cm³/mol. The minimum absolute atomic E-state index is 0.629. The number of benzene rings is 1. The third kappa shape index (κ3) is 2.02. The molecule has 0 bridgehead atoms. The van der Waals surface area contributed by atoms with Crippen LogP contribution in [0.25, 0.3) is 11.0 Å². The highest BCUT2D eigenvalue weighted by molar-refractivity contribution is 7.99. The van der Waals surface area contributed by atoms with Crippen molar-refractivity contribution in [2.24, 2.45) is 5.92 Å². The lowest BCUT2D eigenvalue weighted by molar-refractivity contribution is 0.524. The number of aromatic amines is 1. The Kier molecular flexibility index (Phi) is 2.72. The first-order valence-corrected chi connectivity index (χ1v) is 8.27. The fourth-order valence-corrected chi connectivity index (χ4v) is 4.53. The number of fused-ring (bicyclic) bond motifs is 1. The highest BCUT2D eigenvalue weighted by Gasteiger charge is 2.39. The number of H-pyrrole nitrogens is 1. The van der Waals surface area contributed by atoms with Crippen molar-refractivity contribution >= 4 is 28.5 Å². The maximum atomic E-state index is 4.31. The number of imidazole rings is 1. The molecule has 19 heavy (non-hydrogen) atoms. The largest absolute Gasteiger partial charge is 0.364 e. The standard InChI is InChI=1S/C15H19N3S/c1-10-7-19-8-15(11-2-3-11)18(10)12-4-5-13-14(6-12)17-9-16-13/h4-6,9-11,15H,2-3,7-8H2,1H3,(H,16,17). The van der Waals surface area contributed by atoms with Crippen LogP contribution < -0.4 is 4.90 Å². The summed E-state index contributed by atoms with van der Waals surface area (Å²) in [6, 6.07) is 8.01. The first-order valence-electron chi connectivity index (χ1n) is 7.12. The van der Waals surface area contributed by atoms with Gasteiger partial charge in [-0.1, -0.05) is 0 Å². The van der Waals surface area contributed by atoms with Crippen molar-refractivity contribution < 1.29 is 0 Å². The van der Waals surface area contributed by atoms with Gasteiger partial charge in [-0.05, 0) is 43.9 Å². The quantitative estimate of drug-likeness (QED) is 0.911. The second-order valence-corrected chi connectivity index (χ2v) is 6.88. The van der Waals surface area contributed by atoms with E-state index in [1.165, 1.54) is 30.0 Å².